The first-order valence-corrected chi connectivity index (χ1v) is 5.51. The van der Waals surface area contributed by atoms with Gasteiger partial charge in [0.1, 0.15) is 10.7 Å². The van der Waals surface area contributed by atoms with E-state index in [-0.39, 0.29) is 5.84 Å². The van der Waals surface area contributed by atoms with E-state index in [0.717, 1.165) is 0 Å². The molecule has 86 valence electrons. The Bertz CT molecular complexity index is 531. The fourth-order valence-electron chi connectivity index (χ4n) is 1.10. The van der Waals surface area contributed by atoms with Gasteiger partial charge in [-0.15, -0.1) is 0 Å². The van der Waals surface area contributed by atoms with Crippen molar-refractivity contribution in [3.8, 4) is 0 Å². The van der Waals surface area contributed by atoms with Crippen LogP contribution < -0.4 is 5.73 Å². The molecular formula is C10H9N5OS. The Morgan fingerprint density at radius 2 is 2.00 bits per heavy atom. The predicted octanol–water partition coefficient (Wildman–Crippen LogP) is 1.12. The highest BCUT2D eigenvalue weighted by Gasteiger charge is 2.05. The average Bonchev–Trinajstić information content (AvgIpc) is 2.39. The van der Waals surface area contributed by atoms with E-state index in [9.17, 15) is 0 Å². The molecule has 2 rings (SSSR count). The van der Waals surface area contributed by atoms with Gasteiger partial charge in [0, 0.05) is 12.4 Å². The molecule has 0 fully saturated rings. The second kappa shape index (κ2) is 5.26. The van der Waals surface area contributed by atoms with Crippen molar-refractivity contribution in [2.75, 3.05) is 0 Å². The van der Waals surface area contributed by atoms with Crippen LogP contribution in [-0.4, -0.2) is 26.0 Å². The molecule has 3 N–H and O–H groups in total. The molecule has 0 atom stereocenters. The van der Waals surface area contributed by atoms with Crippen molar-refractivity contribution in [1.82, 2.24) is 15.0 Å². The number of aromatic nitrogens is 3. The van der Waals surface area contributed by atoms with Gasteiger partial charge in [0.15, 0.2) is 11.0 Å². The van der Waals surface area contributed by atoms with Crippen LogP contribution in [0.5, 0.6) is 0 Å². The van der Waals surface area contributed by atoms with Crippen LogP contribution in [0.15, 0.2) is 52.0 Å². The summed E-state index contributed by atoms with van der Waals surface area (Å²) >= 11 is 1.30. The van der Waals surface area contributed by atoms with Crippen molar-refractivity contribution >= 4 is 17.6 Å². The minimum Gasteiger partial charge on any atom is -0.409 e. The van der Waals surface area contributed by atoms with Crippen LogP contribution in [0.4, 0.5) is 0 Å². The van der Waals surface area contributed by atoms with E-state index in [0.29, 0.717) is 15.9 Å². The van der Waals surface area contributed by atoms with Gasteiger partial charge >= 0.3 is 0 Å². The molecule has 0 radical (unpaired) electrons. The summed E-state index contributed by atoms with van der Waals surface area (Å²) in [6.45, 7) is 0. The Morgan fingerprint density at radius 3 is 2.71 bits per heavy atom. The van der Waals surface area contributed by atoms with Gasteiger partial charge in [-0.2, -0.15) is 0 Å². The van der Waals surface area contributed by atoms with Gasteiger partial charge in [0.05, 0.1) is 0 Å². The molecule has 2 heterocycles. The molecule has 0 aliphatic carbocycles. The summed E-state index contributed by atoms with van der Waals surface area (Å²) in [5.41, 5.74) is 5.86. The average molecular weight is 247 g/mol. The van der Waals surface area contributed by atoms with Crippen LogP contribution in [-0.2, 0) is 0 Å². The summed E-state index contributed by atoms with van der Waals surface area (Å²) < 4.78 is 0. The van der Waals surface area contributed by atoms with Gasteiger partial charge in [0.25, 0.3) is 0 Å². The van der Waals surface area contributed by atoms with Gasteiger partial charge in [-0.1, -0.05) is 11.2 Å². The monoisotopic (exact) mass is 247 g/mol. The topological polar surface area (TPSA) is 97.3 Å². The van der Waals surface area contributed by atoms with E-state index >= 15 is 0 Å². The van der Waals surface area contributed by atoms with Gasteiger partial charge in [-0.05, 0) is 30.0 Å². The highest BCUT2D eigenvalue weighted by molar-refractivity contribution is 7.99. The number of amidine groups is 1. The number of oxime groups is 1. The second-order valence-electron chi connectivity index (χ2n) is 2.98. The number of pyridine rings is 1. The Labute approximate surface area is 102 Å². The van der Waals surface area contributed by atoms with E-state index in [2.05, 4.69) is 20.1 Å². The summed E-state index contributed by atoms with van der Waals surface area (Å²) in [4.78, 5) is 12.3. The quantitative estimate of drug-likeness (QED) is 0.277. The lowest BCUT2D eigenvalue weighted by atomic mass is 10.3. The van der Waals surface area contributed by atoms with Gasteiger partial charge < -0.3 is 10.9 Å². The fraction of sp³-hybridized carbons (Fsp3) is 0. The first-order valence-electron chi connectivity index (χ1n) is 4.69. The molecule has 0 aliphatic heterocycles. The summed E-state index contributed by atoms with van der Waals surface area (Å²) in [6.07, 6.45) is 3.31. The first-order chi connectivity index (χ1) is 8.29. The van der Waals surface area contributed by atoms with E-state index < -0.39 is 0 Å². The zero-order valence-electron chi connectivity index (χ0n) is 8.69. The molecule has 2 aromatic rings. The van der Waals surface area contributed by atoms with Crippen molar-refractivity contribution in [2.24, 2.45) is 10.9 Å². The van der Waals surface area contributed by atoms with Crippen LogP contribution in [0, 0.1) is 0 Å². The third-order valence-corrected chi connectivity index (χ3v) is 2.66. The molecule has 0 bridgehead atoms. The molecule has 0 saturated carbocycles. The number of rotatable bonds is 3. The zero-order valence-corrected chi connectivity index (χ0v) is 9.50. The number of hydrogen-bond acceptors (Lipinski definition) is 6. The highest BCUT2D eigenvalue weighted by Crippen LogP contribution is 2.21. The number of nitrogens with zero attached hydrogens (tertiary/aromatic N) is 4. The highest BCUT2D eigenvalue weighted by atomic mass is 32.2. The summed E-state index contributed by atoms with van der Waals surface area (Å²) in [5.74, 6) is -0.0265. The Balaban J connectivity index is 2.23. The van der Waals surface area contributed by atoms with Crippen molar-refractivity contribution < 1.29 is 5.21 Å². The molecular weight excluding hydrogens is 238 g/mol. The maximum atomic E-state index is 8.56. The van der Waals surface area contributed by atoms with Crippen molar-refractivity contribution in [1.29, 1.82) is 0 Å². The van der Waals surface area contributed by atoms with Crippen LogP contribution in [0.2, 0.25) is 0 Å². The second-order valence-corrected chi connectivity index (χ2v) is 3.97. The Morgan fingerprint density at radius 1 is 1.24 bits per heavy atom. The molecule has 17 heavy (non-hydrogen) atoms. The van der Waals surface area contributed by atoms with Gasteiger partial charge in [-0.3, -0.25) is 0 Å². The molecule has 6 nitrogen and oxygen atoms in total. The third-order valence-electron chi connectivity index (χ3n) is 1.83. The lowest BCUT2D eigenvalue weighted by Crippen LogP contribution is -2.14. The zero-order chi connectivity index (χ0) is 12.1. The standard InChI is InChI=1S/C10H9N5OS/c11-9(15-16)7-3-1-4-8(14-7)17-10-12-5-2-6-13-10/h1-6,16H,(H2,11,15). The molecule has 2 aromatic heterocycles. The molecule has 7 heteroatoms. The van der Waals surface area contributed by atoms with E-state index in [1.54, 1.807) is 36.7 Å². The lowest BCUT2D eigenvalue weighted by Gasteiger charge is -2.01. The van der Waals surface area contributed by atoms with Crippen LogP contribution >= 0.6 is 11.8 Å². The van der Waals surface area contributed by atoms with E-state index in [4.69, 9.17) is 10.9 Å². The maximum absolute atomic E-state index is 8.56. The lowest BCUT2D eigenvalue weighted by molar-refractivity contribution is 0.318. The van der Waals surface area contributed by atoms with Crippen molar-refractivity contribution in [3.63, 3.8) is 0 Å². The maximum Gasteiger partial charge on any atom is 0.193 e. The first kappa shape index (κ1) is 11.3. The largest absolute Gasteiger partial charge is 0.409 e. The third kappa shape index (κ3) is 2.91. The van der Waals surface area contributed by atoms with Gasteiger partial charge in [0.2, 0.25) is 0 Å². The van der Waals surface area contributed by atoms with Crippen molar-refractivity contribution in [3.05, 3.63) is 42.4 Å². The van der Waals surface area contributed by atoms with Crippen LogP contribution in [0.3, 0.4) is 0 Å². The molecule has 0 unspecified atom stereocenters. The molecule has 0 aromatic carbocycles. The van der Waals surface area contributed by atoms with Crippen LogP contribution in [0.1, 0.15) is 5.69 Å². The number of nitrogens with two attached hydrogens (primary N) is 1. The number of hydrogen-bond donors (Lipinski definition) is 2. The normalized spacial score (nSPS) is 11.4. The minimum atomic E-state index is -0.0265. The summed E-state index contributed by atoms with van der Waals surface area (Å²) in [7, 11) is 0. The van der Waals surface area contributed by atoms with Crippen molar-refractivity contribution in [2.45, 2.75) is 10.2 Å². The predicted molar refractivity (Wildman–Crippen MR) is 62.9 cm³/mol. The summed E-state index contributed by atoms with van der Waals surface area (Å²) in [5, 5.41) is 12.7. The smallest absolute Gasteiger partial charge is 0.193 e. The van der Waals surface area contributed by atoms with Crippen LogP contribution in [0.25, 0.3) is 0 Å². The Kier molecular flexibility index (Phi) is 3.51. The minimum absolute atomic E-state index is 0.0265. The molecule has 0 spiro atoms. The van der Waals surface area contributed by atoms with Gasteiger partial charge in [-0.25, -0.2) is 15.0 Å². The fourth-order valence-corrected chi connectivity index (χ4v) is 1.80. The molecule has 0 amide bonds. The molecule has 0 saturated heterocycles. The van der Waals surface area contributed by atoms with E-state index in [1.807, 2.05) is 0 Å². The SMILES string of the molecule is NC(=NO)c1cccc(Sc2ncccn2)n1. The molecule has 0 aliphatic rings. The van der Waals surface area contributed by atoms with E-state index in [1.165, 1.54) is 11.8 Å². The summed E-state index contributed by atoms with van der Waals surface area (Å²) in [6, 6.07) is 6.97. The Hall–Kier alpha value is -2.15.